The average molecular weight is 480 g/mol. The lowest BCUT2D eigenvalue weighted by Gasteiger charge is -2.32. The Morgan fingerprint density at radius 2 is 1.97 bits per heavy atom. The first kappa shape index (κ1) is 22.6. The predicted molar refractivity (Wildman–Crippen MR) is 136 cm³/mol. The van der Waals surface area contributed by atoms with E-state index in [1.807, 2.05) is 36.4 Å². The number of piperidine rings is 1. The molecule has 0 bridgehead atoms. The molecule has 0 spiro atoms. The number of carbonyl (C=O) groups is 2. The molecule has 0 saturated carbocycles. The first-order valence-electron chi connectivity index (χ1n) is 12.3. The summed E-state index contributed by atoms with van der Waals surface area (Å²) in [7, 11) is 6.18. The number of cyclic esters (lactones) is 1. The number of amides is 1. The normalized spacial score (nSPS) is 18.7. The van der Waals surface area contributed by atoms with Gasteiger partial charge in [-0.25, -0.2) is 0 Å². The minimum atomic E-state index is -0.566. The molecule has 1 atom stereocenters. The maximum Gasteiger partial charge on any atom is 0.310 e. The van der Waals surface area contributed by atoms with Crippen molar-refractivity contribution in [3.8, 4) is 0 Å². The van der Waals surface area contributed by atoms with Crippen molar-refractivity contribution in [3.05, 3.63) is 69.6 Å². The second kappa shape index (κ2) is 8.97. The fraction of sp³-hybridized carbons (Fsp3) is 0.333. The van der Waals surface area contributed by atoms with Crippen LogP contribution in [0.4, 0.5) is 0 Å². The zero-order chi connectivity index (χ0) is 24.8. The van der Waals surface area contributed by atoms with Gasteiger partial charge in [0, 0.05) is 41.5 Å². The molecule has 1 saturated heterocycles. The molecule has 0 unspecified atom stereocenters. The highest BCUT2D eigenvalue weighted by molar-refractivity contribution is 6.38. The van der Waals surface area contributed by atoms with Crippen molar-refractivity contribution in [2.24, 2.45) is 5.92 Å². The minimum absolute atomic E-state index is 0.0654. The van der Waals surface area contributed by atoms with Crippen LogP contribution in [0.5, 0.6) is 0 Å². The Kier molecular flexibility index (Phi) is 5.62. The Labute approximate surface area is 208 Å². The predicted octanol–water partition coefficient (Wildman–Crippen LogP) is 2.21. The maximum atomic E-state index is 13.2. The number of benzene rings is 2. The van der Waals surface area contributed by atoms with E-state index in [9.17, 15) is 14.4 Å². The third-order valence-electron chi connectivity index (χ3n) is 7.62. The fourth-order valence-electron chi connectivity index (χ4n) is 5.62. The number of aromatic amines is 2. The van der Waals surface area contributed by atoms with Crippen LogP contribution in [0.2, 0.25) is 0 Å². The second-order valence-electron chi connectivity index (χ2n) is 9.77. The molecule has 2 N–H and O–H groups in total. The van der Waals surface area contributed by atoms with Gasteiger partial charge in [0.1, 0.15) is 14.5 Å². The van der Waals surface area contributed by atoms with Crippen molar-refractivity contribution in [1.29, 1.82) is 0 Å². The molecule has 2 aromatic heterocycles. The lowest BCUT2D eigenvalue weighted by atomic mass is 9.85. The van der Waals surface area contributed by atoms with E-state index < -0.39 is 5.92 Å². The molecule has 8 nitrogen and oxygen atoms in total. The number of nitrogens with zero attached hydrogens (tertiary/aromatic N) is 2. The highest BCUT2D eigenvalue weighted by atomic mass is 16.5. The van der Waals surface area contributed by atoms with Crippen LogP contribution in [-0.4, -0.2) is 52.9 Å². The molecule has 1 fully saturated rings. The van der Waals surface area contributed by atoms with Gasteiger partial charge in [-0.3, -0.25) is 19.5 Å². The summed E-state index contributed by atoms with van der Waals surface area (Å²) in [5, 5.41) is 8.80. The van der Waals surface area contributed by atoms with Crippen LogP contribution in [0, 0.1) is 5.92 Å². The number of para-hydroxylation sites is 1. The summed E-state index contributed by atoms with van der Waals surface area (Å²) in [5.74, 6) is -0.906. The number of nitrogens with one attached hydrogen (secondary N) is 2. The van der Waals surface area contributed by atoms with E-state index >= 15 is 0 Å². The van der Waals surface area contributed by atoms with Crippen LogP contribution in [0.25, 0.3) is 21.8 Å². The quantitative estimate of drug-likeness (QED) is 0.345. The molecular formula is C27H25BN4O4. The number of pyridine rings is 1. The van der Waals surface area contributed by atoms with Gasteiger partial charge in [0.2, 0.25) is 5.91 Å². The number of esters is 1. The number of H-pyrrole nitrogens is 2. The molecule has 2 aliphatic rings. The van der Waals surface area contributed by atoms with Gasteiger partial charge in [-0.2, -0.15) is 5.10 Å². The standard InChI is InChI=1S/C27H25BN4O4/c28-22-11-17-9-18(27(35)36-14-21(17)20-13-29-31-25(20)22)12-24(33)32-7-5-15(6-8-32)19-10-16-3-1-2-4-23(16)30-26(19)34/h1-4,10-11,13,15,18H,5-9,12,14H2,(H,29,31)(H,30,34)/t18-/m0/s1. The molecular weight excluding hydrogens is 455 g/mol. The van der Waals surface area contributed by atoms with Crippen LogP contribution in [-0.2, 0) is 27.4 Å². The Hall–Kier alpha value is -3.88. The van der Waals surface area contributed by atoms with Crippen molar-refractivity contribution in [1.82, 2.24) is 20.1 Å². The van der Waals surface area contributed by atoms with Gasteiger partial charge in [-0.1, -0.05) is 29.7 Å². The number of hydrogen-bond donors (Lipinski definition) is 2. The van der Waals surface area contributed by atoms with Crippen molar-refractivity contribution in [2.75, 3.05) is 13.1 Å². The van der Waals surface area contributed by atoms with E-state index in [0.717, 1.165) is 38.5 Å². The number of carbonyl (C=O) groups excluding carboxylic acids is 2. The van der Waals surface area contributed by atoms with Gasteiger partial charge < -0.3 is 14.6 Å². The SMILES string of the molecule is [B]c1cc2c(c3cn[nH]c13)COC(=O)[C@H](CC(=O)N1CCC(c3cc4ccccc4[nH]c3=O)CC1)C2. The Balaban J connectivity index is 1.14. The zero-order valence-corrected chi connectivity index (χ0v) is 19.8. The lowest BCUT2D eigenvalue weighted by molar-refractivity contribution is -0.152. The third-order valence-corrected chi connectivity index (χ3v) is 7.62. The maximum absolute atomic E-state index is 13.2. The molecule has 2 radical (unpaired) electrons. The van der Waals surface area contributed by atoms with Crippen molar-refractivity contribution in [2.45, 2.75) is 38.2 Å². The van der Waals surface area contributed by atoms with Gasteiger partial charge in [-0.05, 0) is 48.3 Å². The minimum Gasteiger partial charge on any atom is -0.461 e. The zero-order valence-electron chi connectivity index (χ0n) is 19.8. The van der Waals surface area contributed by atoms with Crippen LogP contribution >= 0.6 is 0 Å². The Morgan fingerprint density at radius 1 is 1.17 bits per heavy atom. The summed E-state index contributed by atoms with van der Waals surface area (Å²) in [6, 6.07) is 11.6. The van der Waals surface area contributed by atoms with Crippen LogP contribution < -0.4 is 11.0 Å². The van der Waals surface area contributed by atoms with Crippen molar-refractivity contribution in [3.63, 3.8) is 0 Å². The van der Waals surface area contributed by atoms with E-state index in [-0.39, 0.29) is 36.4 Å². The lowest BCUT2D eigenvalue weighted by Crippen LogP contribution is -2.40. The monoisotopic (exact) mass is 480 g/mol. The molecule has 2 aliphatic heterocycles. The highest BCUT2D eigenvalue weighted by Crippen LogP contribution is 2.30. The van der Waals surface area contributed by atoms with Gasteiger partial charge >= 0.3 is 5.97 Å². The van der Waals surface area contributed by atoms with Crippen molar-refractivity contribution < 1.29 is 14.3 Å². The topological polar surface area (TPSA) is 108 Å². The molecule has 2 aromatic carbocycles. The van der Waals surface area contributed by atoms with Gasteiger partial charge in [-0.15, -0.1) is 0 Å². The van der Waals surface area contributed by atoms with E-state index in [0.29, 0.717) is 37.8 Å². The number of ether oxygens (including phenoxy) is 1. The summed E-state index contributed by atoms with van der Waals surface area (Å²) < 4.78 is 5.54. The number of hydrogen-bond acceptors (Lipinski definition) is 5. The Bertz CT molecular complexity index is 1550. The van der Waals surface area contributed by atoms with Crippen LogP contribution in [0.15, 0.2) is 47.4 Å². The molecule has 9 heteroatoms. The summed E-state index contributed by atoms with van der Waals surface area (Å²) in [6.45, 7) is 1.24. The van der Waals surface area contributed by atoms with E-state index in [4.69, 9.17) is 12.6 Å². The smallest absolute Gasteiger partial charge is 0.310 e. The highest BCUT2D eigenvalue weighted by Gasteiger charge is 2.32. The number of likely N-dealkylation sites (tertiary alicyclic amines) is 1. The molecule has 4 heterocycles. The van der Waals surface area contributed by atoms with Gasteiger partial charge in [0.15, 0.2) is 0 Å². The molecule has 6 rings (SSSR count). The summed E-state index contributed by atoms with van der Waals surface area (Å²) in [5.41, 5.74) is 4.62. The molecule has 4 aromatic rings. The van der Waals surface area contributed by atoms with E-state index in [2.05, 4.69) is 15.2 Å². The van der Waals surface area contributed by atoms with Crippen LogP contribution in [0.1, 0.15) is 41.9 Å². The average Bonchev–Trinajstić information content (AvgIpc) is 3.33. The summed E-state index contributed by atoms with van der Waals surface area (Å²) in [4.78, 5) is 43.4. The second-order valence-corrected chi connectivity index (χ2v) is 9.77. The summed E-state index contributed by atoms with van der Waals surface area (Å²) in [6.07, 6.45) is 3.59. The number of fused-ring (bicyclic) bond motifs is 4. The largest absolute Gasteiger partial charge is 0.461 e. The first-order chi connectivity index (χ1) is 17.5. The number of rotatable bonds is 3. The number of aromatic nitrogens is 3. The molecule has 180 valence electrons. The molecule has 1 amide bonds. The van der Waals surface area contributed by atoms with Crippen molar-refractivity contribution >= 4 is 47.0 Å². The summed E-state index contributed by atoms with van der Waals surface area (Å²) >= 11 is 0. The molecule has 36 heavy (non-hydrogen) atoms. The Morgan fingerprint density at radius 3 is 2.81 bits per heavy atom. The third kappa shape index (κ3) is 3.98. The van der Waals surface area contributed by atoms with Crippen LogP contribution in [0.3, 0.4) is 0 Å². The first-order valence-corrected chi connectivity index (χ1v) is 12.3. The molecule has 0 aliphatic carbocycles. The fourth-order valence-corrected chi connectivity index (χ4v) is 5.62. The van der Waals surface area contributed by atoms with E-state index in [1.54, 1.807) is 11.1 Å². The van der Waals surface area contributed by atoms with Gasteiger partial charge in [0.25, 0.3) is 5.56 Å². The van der Waals surface area contributed by atoms with E-state index in [1.165, 1.54) is 0 Å². The van der Waals surface area contributed by atoms with Gasteiger partial charge in [0.05, 0.1) is 17.6 Å².